The molecule has 2 atom stereocenters. The molecule has 0 saturated heterocycles. The lowest BCUT2D eigenvalue weighted by molar-refractivity contribution is 0.502. The Morgan fingerprint density at radius 2 is 1.18 bits per heavy atom. The lowest BCUT2D eigenvalue weighted by Crippen LogP contribution is -2.33. The van der Waals surface area contributed by atoms with Gasteiger partial charge in [-0.15, -0.1) is 0 Å². The van der Waals surface area contributed by atoms with Crippen LogP contribution in [0.2, 0.25) is 0 Å². The van der Waals surface area contributed by atoms with E-state index in [2.05, 4.69) is 102 Å². The standard InChI is InChI=1S/C18H18N2.C12H9N/c19-12-9-17-15-6-5-11-3-1-2-4-13(11)14(15)7-8-16(17)18(20)10-12;1-3-7-11-9(5-1)10-6-2-4-8-12(10)13-11/h1-8,12,18H,9-10,19-20H2;1-8,13H. The Balaban J connectivity index is 0.000000137. The van der Waals surface area contributed by atoms with Crippen molar-refractivity contribution >= 4 is 43.4 Å². The number of hydrogen-bond acceptors (Lipinski definition) is 2. The Kier molecular flexibility index (Phi) is 4.87. The van der Waals surface area contributed by atoms with Gasteiger partial charge in [0.25, 0.3) is 0 Å². The zero-order valence-corrected chi connectivity index (χ0v) is 18.5. The molecule has 0 saturated carbocycles. The van der Waals surface area contributed by atoms with Crippen molar-refractivity contribution < 1.29 is 0 Å². The minimum absolute atomic E-state index is 0.0737. The van der Waals surface area contributed by atoms with Crippen LogP contribution in [-0.2, 0) is 6.42 Å². The molecular weight excluding hydrogens is 402 g/mol. The summed E-state index contributed by atoms with van der Waals surface area (Å²) in [5.41, 5.74) is 17.5. The van der Waals surface area contributed by atoms with Crippen molar-refractivity contribution in [2.75, 3.05) is 0 Å². The van der Waals surface area contributed by atoms with Crippen molar-refractivity contribution in [2.45, 2.75) is 24.9 Å². The molecule has 5 aromatic carbocycles. The highest BCUT2D eigenvalue weighted by Crippen LogP contribution is 2.35. The molecule has 0 aliphatic heterocycles. The number of aromatic amines is 1. The van der Waals surface area contributed by atoms with Crippen LogP contribution in [0.5, 0.6) is 0 Å². The molecular formula is C30H27N3. The van der Waals surface area contributed by atoms with E-state index < -0.39 is 0 Å². The topological polar surface area (TPSA) is 67.8 Å². The molecule has 33 heavy (non-hydrogen) atoms. The van der Waals surface area contributed by atoms with E-state index in [0.717, 1.165) is 12.8 Å². The molecule has 0 fully saturated rings. The lowest BCUT2D eigenvalue weighted by Gasteiger charge is -2.28. The summed E-state index contributed by atoms with van der Waals surface area (Å²) in [7, 11) is 0. The van der Waals surface area contributed by atoms with Crippen LogP contribution >= 0.6 is 0 Å². The number of para-hydroxylation sites is 2. The van der Waals surface area contributed by atoms with Crippen LogP contribution in [0.3, 0.4) is 0 Å². The first-order chi connectivity index (χ1) is 16.2. The minimum atomic E-state index is 0.0737. The van der Waals surface area contributed by atoms with E-state index in [1.54, 1.807) is 0 Å². The Labute approximate surface area is 193 Å². The first-order valence-corrected chi connectivity index (χ1v) is 11.6. The van der Waals surface area contributed by atoms with E-state index in [-0.39, 0.29) is 12.1 Å². The quantitative estimate of drug-likeness (QED) is 0.239. The summed E-state index contributed by atoms with van der Waals surface area (Å²) in [4.78, 5) is 3.38. The Hall–Kier alpha value is -3.66. The summed E-state index contributed by atoms with van der Waals surface area (Å²) in [5.74, 6) is 0. The molecule has 0 spiro atoms. The number of aromatic nitrogens is 1. The first kappa shape index (κ1) is 20.0. The van der Waals surface area contributed by atoms with Gasteiger partial charge in [-0.1, -0.05) is 84.9 Å². The molecule has 3 heteroatoms. The molecule has 5 N–H and O–H groups in total. The summed E-state index contributed by atoms with van der Waals surface area (Å²) in [6.07, 6.45) is 1.81. The molecule has 1 aliphatic carbocycles. The van der Waals surface area contributed by atoms with Gasteiger partial charge in [-0.25, -0.2) is 0 Å². The molecule has 0 radical (unpaired) electrons. The van der Waals surface area contributed by atoms with Gasteiger partial charge in [0.2, 0.25) is 0 Å². The maximum atomic E-state index is 6.26. The van der Waals surface area contributed by atoms with Gasteiger partial charge >= 0.3 is 0 Å². The van der Waals surface area contributed by atoms with Crippen LogP contribution in [0.25, 0.3) is 43.4 Å². The predicted molar refractivity (Wildman–Crippen MR) is 140 cm³/mol. The first-order valence-electron chi connectivity index (χ1n) is 11.6. The number of fused-ring (bicyclic) bond motifs is 8. The van der Waals surface area contributed by atoms with Crippen molar-refractivity contribution in [1.29, 1.82) is 0 Å². The average molecular weight is 430 g/mol. The fourth-order valence-corrected chi connectivity index (χ4v) is 5.34. The summed E-state index contributed by atoms with van der Waals surface area (Å²) >= 11 is 0. The molecule has 0 amide bonds. The van der Waals surface area contributed by atoms with Crippen LogP contribution in [0, 0.1) is 0 Å². The zero-order valence-electron chi connectivity index (χ0n) is 18.5. The van der Waals surface area contributed by atoms with Crippen LogP contribution in [0.1, 0.15) is 23.6 Å². The SMILES string of the molecule is NC1Cc2c(ccc3c2ccc2ccccc23)C(N)C1.c1ccc2c(c1)[nH]c1ccccc12. The van der Waals surface area contributed by atoms with Crippen LogP contribution in [-0.4, -0.2) is 11.0 Å². The molecule has 1 aromatic heterocycles. The van der Waals surface area contributed by atoms with E-state index in [9.17, 15) is 0 Å². The smallest absolute Gasteiger partial charge is 0.0464 e. The van der Waals surface area contributed by atoms with E-state index in [4.69, 9.17) is 11.5 Å². The number of nitrogens with two attached hydrogens (primary N) is 2. The highest BCUT2D eigenvalue weighted by atomic mass is 14.7. The van der Waals surface area contributed by atoms with Crippen LogP contribution in [0.4, 0.5) is 0 Å². The van der Waals surface area contributed by atoms with Gasteiger partial charge in [-0.2, -0.15) is 0 Å². The highest BCUT2D eigenvalue weighted by Gasteiger charge is 2.23. The Bertz CT molecular complexity index is 1560. The van der Waals surface area contributed by atoms with Gasteiger partial charge in [-0.05, 0) is 57.6 Å². The molecule has 1 aliphatic rings. The second kappa shape index (κ2) is 8.04. The molecule has 3 nitrogen and oxygen atoms in total. The second-order valence-corrected chi connectivity index (χ2v) is 9.04. The molecule has 0 bridgehead atoms. The summed E-state index contributed by atoms with van der Waals surface area (Å²) in [6.45, 7) is 0. The van der Waals surface area contributed by atoms with E-state index >= 15 is 0 Å². The molecule has 6 aromatic rings. The Morgan fingerprint density at radius 3 is 1.91 bits per heavy atom. The third-order valence-electron chi connectivity index (χ3n) is 6.91. The van der Waals surface area contributed by atoms with E-state index in [0.29, 0.717) is 0 Å². The van der Waals surface area contributed by atoms with Gasteiger partial charge in [0.05, 0.1) is 0 Å². The molecule has 7 rings (SSSR count). The lowest BCUT2D eigenvalue weighted by atomic mass is 9.82. The number of H-pyrrole nitrogens is 1. The molecule has 162 valence electrons. The number of hydrogen-bond donors (Lipinski definition) is 3. The minimum Gasteiger partial charge on any atom is -0.355 e. The summed E-state index contributed by atoms with van der Waals surface area (Å²) in [5, 5.41) is 7.82. The van der Waals surface area contributed by atoms with Gasteiger partial charge < -0.3 is 16.5 Å². The number of nitrogens with one attached hydrogen (secondary N) is 1. The fourth-order valence-electron chi connectivity index (χ4n) is 5.34. The summed E-state index contributed by atoms with van der Waals surface area (Å²) in [6, 6.07) is 34.4. The van der Waals surface area contributed by atoms with Gasteiger partial charge in [0.15, 0.2) is 0 Å². The Morgan fingerprint density at radius 1 is 0.576 bits per heavy atom. The summed E-state index contributed by atoms with van der Waals surface area (Å²) < 4.78 is 0. The van der Waals surface area contributed by atoms with Crippen molar-refractivity contribution in [3.63, 3.8) is 0 Å². The van der Waals surface area contributed by atoms with Crippen molar-refractivity contribution in [3.8, 4) is 0 Å². The van der Waals surface area contributed by atoms with Crippen molar-refractivity contribution in [1.82, 2.24) is 4.98 Å². The maximum absolute atomic E-state index is 6.26. The van der Waals surface area contributed by atoms with Gasteiger partial charge in [-0.3, -0.25) is 0 Å². The molecule has 2 unspecified atom stereocenters. The van der Waals surface area contributed by atoms with E-state index in [1.165, 1.54) is 54.5 Å². The van der Waals surface area contributed by atoms with E-state index in [1.807, 2.05) is 0 Å². The van der Waals surface area contributed by atoms with Crippen molar-refractivity contribution in [3.05, 3.63) is 108 Å². The predicted octanol–water partition coefficient (Wildman–Crippen LogP) is 6.59. The molecule has 1 heterocycles. The third-order valence-corrected chi connectivity index (χ3v) is 6.91. The van der Waals surface area contributed by atoms with Gasteiger partial charge in [0, 0.05) is 33.9 Å². The highest BCUT2D eigenvalue weighted by molar-refractivity contribution is 6.09. The van der Waals surface area contributed by atoms with Crippen molar-refractivity contribution in [2.24, 2.45) is 11.5 Å². The average Bonchev–Trinajstić information content (AvgIpc) is 3.23. The fraction of sp³-hybridized carbons (Fsp3) is 0.133. The normalized spacial score (nSPS) is 17.8. The number of rotatable bonds is 0. The van der Waals surface area contributed by atoms with Crippen LogP contribution in [0.15, 0.2) is 97.1 Å². The second-order valence-electron chi connectivity index (χ2n) is 9.04. The monoisotopic (exact) mass is 429 g/mol. The van der Waals surface area contributed by atoms with Gasteiger partial charge in [0.1, 0.15) is 0 Å². The largest absolute Gasteiger partial charge is 0.355 e. The number of benzene rings is 5. The third kappa shape index (κ3) is 3.46. The zero-order chi connectivity index (χ0) is 22.4. The van der Waals surface area contributed by atoms with Crippen LogP contribution < -0.4 is 11.5 Å². The maximum Gasteiger partial charge on any atom is 0.0464 e.